The maximum Gasteiger partial charge on any atom is 0.346 e. The van der Waals surface area contributed by atoms with Crippen molar-refractivity contribution in [1.29, 1.82) is 0 Å². The first kappa shape index (κ1) is 33.7. The summed E-state index contributed by atoms with van der Waals surface area (Å²) in [6.07, 6.45) is 3.38. The Kier molecular flexibility index (Phi) is 9.61. The highest BCUT2D eigenvalue weighted by Crippen LogP contribution is 2.33. The predicted octanol–water partition coefficient (Wildman–Crippen LogP) is 4.86. The molecule has 4 aromatic rings. The number of esters is 6. The number of carbonyl (C=O) groups excluding carboxylic acids is 6. The average molecular weight is 694 g/mol. The monoisotopic (exact) mass is 693 g/mol. The Bertz CT molecular complexity index is 2150. The van der Waals surface area contributed by atoms with Gasteiger partial charge in [0.05, 0.1) is 38.3 Å². The molecule has 15 nitrogen and oxygen atoms in total. The molecule has 6 rings (SSSR count). The molecule has 0 spiro atoms. The third-order valence-corrected chi connectivity index (χ3v) is 7.47. The number of benzene rings is 4. The second-order valence-corrected chi connectivity index (χ2v) is 10.7. The van der Waals surface area contributed by atoms with Gasteiger partial charge in [-0.25, -0.2) is 28.8 Å². The number of nitro groups is 1. The van der Waals surface area contributed by atoms with Crippen molar-refractivity contribution in [3.05, 3.63) is 133 Å². The summed E-state index contributed by atoms with van der Waals surface area (Å²) in [4.78, 5) is 82.8. The Hall–Kier alpha value is -7.16. The van der Waals surface area contributed by atoms with Crippen LogP contribution in [0.25, 0.3) is 12.2 Å². The number of fused-ring (bicyclic) bond motifs is 2. The SMILES string of the molecule is O=C(OCCOc1cccc(/C=C\c2ccc([N+](=O)[O-])cc2)c1OCCOC(=O)c1ccc2c(c1)C(=O)OC2=O)c1ccc2c(c1)C(=O)OC2=O. The first-order valence-electron chi connectivity index (χ1n) is 15.1. The minimum absolute atomic E-state index is 0.0266. The van der Waals surface area contributed by atoms with Gasteiger partial charge in [-0.2, -0.15) is 0 Å². The molecular weight excluding hydrogens is 670 g/mol. The fourth-order valence-electron chi connectivity index (χ4n) is 4.98. The van der Waals surface area contributed by atoms with Crippen LogP contribution in [-0.2, 0) is 18.9 Å². The molecule has 0 N–H and O–H groups in total. The molecule has 0 bridgehead atoms. The van der Waals surface area contributed by atoms with Gasteiger partial charge in [0, 0.05) is 17.7 Å². The normalized spacial score (nSPS) is 12.9. The van der Waals surface area contributed by atoms with Crippen molar-refractivity contribution in [3.63, 3.8) is 0 Å². The molecule has 0 fully saturated rings. The van der Waals surface area contributed by atoms with Gasteiger partial charge in [0.25, 0.3) is 5.69 Å². The van der Waals surface area contributed by atoms with Gasteiger partial charge in [-0.05, 0) is 60.2 Å². The van der Waals surface area contributed by atoms with Crippen LogP contribution in [0.1, 0.15) is 73.3 Å². The van der Waals surface area contributed by atoms with Gasteiger partial charge < -0.3 is 28.4 Å². The molecular formula is C36H23NO14. The van der Waals surface area contributed by atoms with E-state index in [-0.39, 0.29) is 77.0 Å². The molecule has 0 radical (unpaired) electrons. The van der Waals surface area contributed by atoms with E-state index in [2.05, 4.69) is 9.47 Å². The Morgan fingerprint density at radius 3 is 1.71 bits per heavy atom. The van der Waals surface area contributed by atoms with Crippen LogP contribution >= 0.6 is 0 Å². The molecule has 256 valence electrons. The molecule has 0 amide bonds. The van der Waals surface area contributed by atoms with Crippen LogP contribution in [0, 0.1) is 10.1 Å². The van der Waals surface area contributed by atoms with Crippen molar-refractivity contribution < 1.29 is 62.1 Å². The van der Waals surface area contributed by atoms with Crippen LogP contribution in [0.3, 0.4) is 0 Å². The Balaban J connectivity index is 1.11. The zero-order valence-corrected chi connectivity index (χ0v) is 26.2. The van der Waals surface area contributed by atoms with Crippen molar-refractivity contribution in [2.45, 2.75) is 0 Å². The van der Waals surface area contributed by atoms with Crippen molar-refractivity contribution in [2.24, 2.45) is 0 Å². The molecule has 0 aliphatic carbocycles. The van der Waals surface area contributed by atoms with Crippen LogP contribution in [0.5, 0.6) is 11.5 Å². The lowest BCUT2D eigenvalue weighted by atomic mass is 10.1. The van der Waals surface area contributed by atoms with Gasteiger partial charge in [0.15, 0.2) is 11.5 Å². The summed E-state index contributed by atoms with van der Waals surface area (Å²) in [6.45, 7) is -0.703. The number of carbonyl (C=O) groups is 6. The van der Waals surface area contributed by atoms with Crippen molar-refractivity contribution in [3.8, 4) is 11.5 Å². The Labute approximate surface area is 287 Å². The summed E-state index contributed by atoms with van der Waals surface area (Å²) in [6, 6.07) is 18.5. The number of para-hydroxylation sites is 1. The summed E-state index contributed by atoms with van der Waals surface area (Å²) in [7, 11) is 0. The minimum atomic E-state index is -0.860. The van der Waals surface area contributed by atoms with E-state index in [1.54, 1.807) is 42.5 Å². The number of nitro benzene ring substituents is 1. The smallest absolute Gasteiger partial charge is 0.346 e. The number of rotatable bonds is 13. The van der Waals surface area contributed by atoms with Crippen LogP contribution in [0.2, 0.25) is 0 Å². The number of hydrogen-bond donors (Lipinski definition) is 0. The van der Waals surface area contributed by atoms with Crippen LogP contribution in [-0.4, -0.2) is 67.2 Å². The highest BCUT2D eigenvalue weighted by Gasteiger charge is 2.31. The summed E-state index contributed by atoms with van der Waals surface area (Å²) in [5.74, 6) is -4.38. The second-order valence-electron chi connectivity index (χ2n) is 10.7. The number of cyclic esters (lactones) is 4. The molecule has 2 aliphatic rings. The molecule has 4 aromatic carbocycles. The zero-order chi connectivity index (χ0) is 36.1. The summed E-state index contributed by atoms with van der Waals surface area (Å²) < 4.78 is 31.5. The van der Waals surface area contributed by atoms with E-state index in [4.69, 9.17) is 18.9 Å². The lowest BCUT2D eigenvalue weighted by Crippen LogP contribution is -2.15. The third kappa shape index (κ3) is 7.46. The lowest BCUT2D eigenvalue weighted by Gasteiger charge is -2.15. The fourth-order valence-corrected chi connectivity index (χ4v) is 4.98. The van der Waals surface area contributed by atoms with Gasteiger partial charge >= 0.3 is 35.8 Å². The van der Waals surface area contributed by atoms with E-state index in [9.17, 15) is 38.9 Å². The fraction of sp³-hybridized carbons (Fsp3) is 0.111. The van der Waals surface area contributed by atoms with Crippen LogP contribution < -0.4 is 9.47 Å². The molecule has 0 atom stereocenters. The van der Waals surface area contributed by atoms with Crippen molar-refractivity contribution in [2.75, 3.05) is 26.4 Å². The number of hydrogen-bond acceptors (Lipinski definition) is 14. The van der Waals surface area contributed by atoms with E-state index in [0.29, 0.717) is 11.1 Å². The Morgan fingerprint density at radius 1 is 0.627 bits per heavy atom. The Morgan fingerprint density at radius 2 is 1.16 bits per heavy atom. The second kappa shape index (κ2) is 14.5. The average Bonchev–Trinajstić information content (AvgIpc) is 3.59. The highest BCUT2D eigenvalue weighted by atomic mass is 16.6. The topological polar surface area (TPSA) is 201 Å². The predicted molar refractivity (Wildman–Crippen MR) is 172 cm³/mol. The molecule has 51 heavy (non-hydrogen) atoms. The number of non-ortho nitro benzene ring substituents is 1. The third-order valence-electron chi connectivity index (χ3n) is 7.47. The minimum Gasteiger partial charge on any atom is -0.486 e. The quantitative estimate of drug-likeness (QED) is 0.0349. The summed E-state index contributed by atoms with van der Waals surface area (Å²) >= 11 is 0. The molecule has 2 heterocycles. The molecule has 15 heteroatoms. The standard InChI is InChI=1S/C36H23NO14/c38-31(22-8-12-25-27(18-22)35(42)50-33(25)40)48-16-14-46-29-3-1-2-21(7-4-20-5-10-24(11-6-20)37(44)45)30(29)47-15-17-49-32(39)23-9-13-26-28(19-23)36(43)51-34(26)41/h1-13,18-19H,14-17H2/b7-4-. The van der Waals surface area contributed by atoms with Crippen LogP contribution in [0.4, 0.5) is 5.69 Å². The van der Waals surface area contributed by atoms with Gasteiger partial charge in [-0.1, -0.05) is 24.3 Å². The van der Waals surface area contributed by atoms with Gasteiger partial charge in [0.2, 0.25) is 0 Å². The maximum atomic E-state index is 12.6. The van der Waals surface area contributed by atoms with E-state index >= 15 is 0 Å². The van der Waals surface area contributed by atoms with E-state index < -0.39 is 40.7 Å². The molecule has 0 saturated carbocycles. The van der Waals surface area contributed by atoms with Gasteiger partial charge in [-0.15, -0.1) is 0 Å². The van der Waals surface area contributed by atoms with E-state index in [0.717, 1.165) is 0 Å². The number of ether oxygens (including phenoxy) is 6. The van der Waals surface area contributed by atoms with Crippen molar-refractivity contribution >= 4 is 53.7 Å². The molecule has 0 unspecified atom stereocenters. The van der Waals surface area contributed by atoms with Gasteiger partial charge in [-0.3, -0.25) is 10.1 Å². The van der Waals surface area contributed by atoms with Crippen molar-refractivity contribution in [1.82, 2.24) is 0 Å². The largest absolute Gasteiger partial charge is 0.486 e. The summed E-state index contributed by atoms with van der Waals surface area (Å²) in [5, 5.41) is 11.0. The van der Waals surface area contributed by atoms with Gasteiger partial charge in [0.1, 0.15) is 26.4 Å². The maximum absolute atomic E-state index is 12.6. The summed E-state index contributed by atoms with van der Waals surface area (Å²) in [5.41, 5.74) is 1.20. The van der Waals surface area contributed by atoms with E-state index in [1.807, 2.05) is 0 Å². The van der Waals surface area contributed by atoms with E-state index in [1.165, 1.54) is 48.5 Å². The lowest BCUT2D eigenvalue weighted by molar-refractivity contribution is -0.384. The molecule has 2 aliphatic heterocycles. The molecule has 0 saturated heterocycles. The van der Waals surface area contributed by atoms with Crippen LogP contribution in [0.15, 0.2) is 78.9 Å². The zero-order valence-electron chi connectivity index (χ0n) is 26.2. The number of nitrogens with zero attached hydrogens (tertiary/aromatic N) is 1. The highest BCUT2D eigenvalue weighted by molar-refractivity contribution is 6.16. The first-order chi connectivity index (χ1) is 24.6. The molecule has 0 aromatic heterocycles. The first-order valence-corrected chi connectivity index (χ1v) is 15.1.